The van der Waals surface area contributed by atoms with Crippen LogP contribution in [0.3, 0.4) is 0 Å². The van der Waals surface area contributed by atoms with Crippen molar-refractivity contribution in [2.24, 2.45) is 5.92 Å². The van der Waals surface area contributed by atoms with Gasteiger partial charge in [0.05, 0.1) is 157 Å². The predicted octanol–water partition coefficient (Wildman–Crippen LogP) is 1.11. The van der Waals surface area contributed by atoms with Crippen molar-refractivity contribution < 1.29 is 67.1 Å². The van der Waals surface area contributed by atoms with E-state index in [1.807, 2.05) is 20.8 Å². The van der Waals surface area contributed by atoms with Gasteiger partial charge in [-0.1, -0.05) is 6.92 Å². The summed E-state index contributed by atoms with van der Waals surface area (Å²) in [4.78, 5) is 0. The highest BCUT2D eigenvalue weighted by atomic mass is 16.6. The molecule has 0 bridgehead atoms. The molecule has 1 rings (SSSR count). The highest BCUT2D eigenvalue weighted by Gasteiger charge is 2.16. The molecular formula is C32H64O14. The SMILES string of the molecule is CCC1COCCOCCOCC(O)COC(COCCOCCO)COC(C)COCCOCCOCC(C)OCC(C)OC1. The third kappa shape index (κ3) is 27.4. The van der Waals surface area contributed by atoms with Gasteiger partial charge >= 0.3 is 0 Å². The third-order valence-corrected chi connectivity index (χ3v) is 6.67. The number of rotatable bonds is 8. The molecule has 1 fully saturated rings. The molecule has 1 saturated heterocycles. The monoisotopic (exact) mass is 672 g/mol. The van der Waals surface area contributed by atoms with Crippen LogP contribution in [0.4, 0.5) is 0 Å². The summed E-state index contributed by atoms with van der Waals surface area (Å²) in [5, 5.41) is 19.2. The summed E-state index contributed by atoms with van der Waals surface area (Å²) < 4.78 is 68.4. The molecule has 276 valence electrons. The van der Waals surface area contributed by atoms with Gasteiger partial charge in [-0.3, -0.25) is 0 Å². The van der Waals surface area contributed by atoms with Crippen molar-refractivity contribution >= 4 is 0 Å². The minimum absolute atomic E-state index is 0.0282. The highest BCUT2D eigenvalue weighted by Crippen LogP contribution is 2.07. The summed E-state index contributed by atoms with van der Waals surface area (Å²) in [6, 6.07) is 0. The van der Waals surface area contributed by atoms with E-state index in [9.17, 15) is 5.11 Å². The van der Waals surface area contributed by atoms with Gasteiger partial charge in [-0.15, -0.1) is 0 Å². The second-order valence-corrected chi connectivity index (χ2v) is 11.3. The second-order valence-electron chi connectivity index (χ2n) is 11.3. The first-order chi connectivity index (χ1) is 22.4. The van der Waals surface area contributed by atoms with Crippen LogP contribution in [0, 0.1) is 5.92 Å². The number of hydrogen-bond acceptors (Lipinski definition) is 14. The van der Waals surface area contributed by atoms with Crippen LogP contribution in [0.25, 0.3) is 0 Å². The topological polar surface area (TPSA) is 151 Å². The quantitative estimate of drug-likeness (QED) is 0.354. The minimum Gasteiger partial charge on any atom is -0.394 e. The lowest BCUT2D eigenvalue weighted by Crippen LogP contribution is -2.33. The van der Waals surface area contributed by atoms with Gasteiger partial charge in [0.15, 0.2) is 0 Å². The molecule has 1 aliphatic rings. The fourth-order valence-corrected chi connectivity index (χ4v) is 3.88. The third-order valence-electron chi connectivity index (χ3n) is 6.67. The lowest BCUT2D eigenvalue weighted by molar-refractivity contribution is -0.114. The molecule has 46 heavy (non-hydrogen) atoms. The molecule has 1 heterocycles. The van der Waals surface area contributed by atoms with Crippen LogP contribution >= 0.6 is 0 Å². The molecule has 1 aliphatic heterocycles. The van der Waals surface area contributed by atoms with Gasteiger partial charge in [-0.2, -0.15) is 0 Å². The van der Waals surface area contributed by atoms with E-state index in [2.05, 4.69) is 6.92 Å². The maximum Gasteiger partial charge on any atom is 0.104 e. The van der Waals surface area contributed by atoms with E-state index < -0.39 is 12.2 Å². The first-order valence-corrected chi connectivity index (χ1v) is 16.8. The van der Waals surface area contributed by atoms with Gasteiger partial charge in [-0.25, -0.2) is 0 Å². The molecule has 14 heteroatoms. The standard InChI is InChI=1S/C32H64O14/c1-5-30-21-40-15-11-37-12-16-41-23-31(34)24-46-32(25-42-17-8-35-7-6-33)26-45-28(3)19-39-14-10-36-9-13-38-18-27(2)43-20-29(4)44-22-30/h27-34H,5-26H2,1-4H3. The average molecular weight is 673 g/mol. The first-order valence-electron chi connectivity index (χ1n) is 16.8. The van der Waals surface area contributed by atoms with Crippen LogP contribution in [0.2, 0.25) is 0 Å². The molecule has 2 N–H and O–H groups in total. The van der Waals surface area contributed by atoms with Crippen LogP contribution in [0.15, 0.2) is 0 Å². The molecule has 0 aromatic heterocycles. The molecule has 0 amide bonds. The zero-order valence-electron chi connectivity index (χ0n) is 28.8. The Morgan fingerprint density at radius 1 is 0.522 bits per heavy atom. The highest BCUT2D eigenvalue weighted by molar-refractivity contribution is 4.62. The largest absolute Gasteiger partial charge is 0.394 e. The van der Waals surface area contributed by atoms with Crippen molar-refractivity contribution in [1.82, 2.24) is 0 Å². The summed E-state index contributed by atoms with van der Waals surface area (Å²) in [6.07, 6.45) is -0.534. The molecule has 0 spiro atoms. The lowest BCUT2D eigenvalue weighted by Gasteiger charge is -2.22. The molecular weight excluding hydrogens is 608 g/mol. The second kappa shape index (κ2) is 31.7. The smallest absolute Gasteiger partial charge is 0.104 e. The van der Waals surface area contributed by atoms with E-state index >= 15 is 0 Å². The Morgan fingerprint density at radius 2 is 1.02 bits per heavy atom. The van der Waals surface area contributed by atoms with E-state index in [0.717, 1.165) is 6.42 Å². The van der Waals surface area contributed by atoms with E-state index in [4.69, 9.17) is 61.9 Å². The van der Waals surface area contributed by atoms with Gasteiger partial charge in [0, 0.05) is 5.92 Å². The maximum atomic E-state index is 10.3. The van der Waals surface area contributed by atoms with Gasteiger partial charge in [0.25, 0.3) is 0 Å². The fourth-order valence-electron chi connectivity index (χ4n) is 3.88. The van der Waals surface area contributed by atoms with Gasteiger partial charge < -0.3 is 67.1 Å². The van der Waals surface area contributed by atoms with Crippen LogP contribution in [-0.2, 0) is 56.8 Å². The molecule has 0 saturated carbocycles. The van der Waals surface area contributed by atoms with E-state index in [-0.39, 0.29) is 58.0 Å². The van der Waals surface area contributed by atoms with E-state index in [1.165, 1.54) is 0 Å². The molecule has 6 unspecified atom stereocenters. The van der Waals surface area contributed by atoms with E-state index in [0.29, 0.717) is 105 Å². The molecule has 0 aliphatic carbocycles. The Morgan fingerprint density at radius 3 is 1.63 bits per heavy atom. The van der Waals surface area contributed by atoms with Crippen molar-refractivity contribution in [3.63, 3.8) is 0 Å². The Labute approximate surface area is 276 Å². The number of aliphatic hydroxyl groups excluding tert-OH is 2. The Kier molecular flexibility index (Phi) is 29.9. The average Bonchev–Trinajstić information content (AvgIpc) is 3.05. The number of hydrogen-bond donors (Lipinski definition) is 2. The summed E-state index contributed by atoms with van der Waals surface area (Å²) in [6.45, 7) is 15.7. The van der Waals surface area contributed by atoms with Crippen LogP contribution in [0.5, 0.6) is 0 Å². The molecule has 14 nitrogen and oxygen atoms in total. The molecule has 0 radical (unpaired) electrons. The Balaban J connectivity index is 2.49. The van der Waals surface area contributed by atoms with Crippen molar-refractivity contribution in [3.8, 4) is 0 Å². The van der Waals surface area contributed by atoms with Gasteiger partial charge in [0.1, 0.15) is 12.2 Å². The van der Waals surface area contributed by atoms with Gasteiger partial charge in [-0.05, 0) is 27.2 Å². The zero-order valence-corrected chi connectivity index (χ0v) is 28.8. The van der Waals surface area contributed by atoms with Crippen molar-refractivity contribution in [2.45, 2.75) is 64.6 Å². The molecule has 0 aromatic carbocycles. The first kappa shape index (κ1) is 43.5. The lowest BCUT2D eigenvalue weighted by atomic mass is 10.1. The minimum atomic E-state index is -0.815. The summed E-state index contributed by atoms with van der Waals surface area (Å²) in [5.74, 6) is 0.293. The van der Waals surface area contributed by atoms with Crippen molar-refractivity contribution in [1.29, 1.82) is 0 Å². The maximum absolute atomic E-state index is 10.3. The molecule has 6 atom stereocenters. The summed E-state index contributed by atoms with van der Waals surface area (Å²) >= 11 is 0. The Bertz CT molecular complexity index is 634. The summed E-state index contributed by atoms with van der Waals surface area (Å²) in [5.41, 5.74) is 0. The Hall–Kier alpha value is -0.560. The van der Waals surface area contributed by atoms with Crippen LogP contribution < -0.4 is 0 Å². The predicted molar refractivity (Wildman–Crippen MR) is 169 cm³/mol. The zero-order chi connectivity index (χ0) is 33.5. The van der Waals surface area contributed by atoms with Crippen LogP contribution in [-0.4, -0.2) is 179 Å². The fraction of sp³-hybridized carbons (Fsp3) is 1.00. The molecule has 0 aromatic rings. The summed E-state index contributed by atoms with van der Waals surface area (Å²) in [7, 11) is 0. The number of aliphatic hydroxyl groups is 2. The van der Waals surface area contributed by atoms with Gasteiger partial charge in [0.2, 0.25) is 0 Å². The van der Waals surface area contributed by atoms with Crippen molar-refractivity contribution in [2.75, 3.05) is 139 Å². The van der Waals surface area contributed by atoms with Crippen molar-refractivity contribution in [3.05, 3.63) is 0 Å². The van der Waals surface area contributed by atoms with E-state index in [1.54, 1.807) is 0 Å². The van der Waals surface area contributed by atoms with Crippen LogP contribution in [0.1, 0.15) is 34.1 Å². The normalized spacial score (nSPS) is 30.1. The number of ether oxygens (including phenoxy) is 12.